The summed E-state index contributed by atoms with van der Waals surface area (Å²) in [6.45, 7) is 7.03. The van der Waals surface area contributed by atoms with E-state index in [-0.39, 0.29) is 11.6 Å². The Balaban J connectivity index is 2.16. The summed E-state index contributed by atoms with van der Waals surface area (Å²) in [6, 6.07) is 7.35. The summed E-state index contributed by atoms with van der Waals surface area (Å²) in [5.74, 6) is 0. The smallest absolute Gasteiger partial charge is 0.241 e. The van der Waals surface area contributed by atoms with Crippen molar-refractivity contribution in [3.63, 3.8) is 0 Å². The Kier molecular flexibility index (Phi) is 4.52. The van der Waals surface area contributed by atoms with E-state index in [1.807, 2.05) is 19.1 Å². The molecule has 0 amide bonds. The van der Waals surface area contributed by atoms with Crippen LogP contribution in [-0.4, -0.2) is 20.5 Å². The molecule has 2 N–H and O–H groups in total. The standard InChI is InChI=1S/C15H24N2O2S/c1-4-10-16-12(2)13-6-5-7-14(11-13)20(18,19)17-15(3)8-9-15/h5-7,11-12,16-17H,4,8-10H2,1-3H3. The Hall–Kier alpha value is -0.910. The lowest BCUT2D eigenvalue weighted by Gasteiger charge is -2.16. The molecule has 1 unspecified atom stereocenters. The quantitative estimate of drug-likeness (QED) is 0.813. The van der Waals surface area contributed by atoms with Crippen LogP contribution >= 0.6 is 0 Å². The lowest BCUT2D eigenvalue weighted by molar-refractivity contribution is 0.555. The van der Waals surface area contributed by atoms with Gasteiger partial charge < -0.3 is 5.32 Å². The van der Waals surface area contributed by atoms with Crippen LogP contribution in [0.15, 0.2) is 29.2 Å². The van der Waals surface area contributed by atoms with Gasteiger partial charge in [0.15, 0.2) is 0 Å². The second-order valence-electron chi connectivity index (χ2n) is 5.91. The second-order valence-corrected chi connectivity index (χ2v) is 7.60. The highest BCUT2D eigenvalue weighted by Gasteiger charge is 2.41. The van der Waals surface area contributed by atoms with Crippen molar-refractivity contribution in [2.24, 2.45) is 0 Å². The average molecular weight is 296 g/mol. The number of nitrogens with one attached hydrogen (secondary N) is 2. The molecule has 1 fully saturated rings. The monoisotopic (exact) mass is 296 g/mol. The van der Waals surface area contributed by atoms with Crippen LogP contribution in [0.25, 0.3) is 0 Å². The Morgan fingerprint density at radius 1 is 1.35 bits per heavy atom. The van der Waals surface area contributed by atoms with E-state index in [4.69, 9.17) is 0 Å². The van der Waals surface area contributed by atoms with E-state index >= 15 is 0 Å². The van der Waals surface area contributed by atoms with Gasteiger partial charge in [0.1, 0.15) is 0 Å². The topological polar surface area (TPSA) is 58.2 Å². The van der Waals surface area contributed by atoms with Gasteiger partial charge in [0.2, 0.25) is 10.0 Å². The van der Waals surface area contributed by atoms with E-state index < -0.39 is 10.0 Å². The van der Waals surface area contributed by atoms with Crippen molar-refractivity contribution in [3.05, 3.63) is 29.8 Å². The first-order valence-corrected chi connectivity index (χ1v) is 8.72. The second kappa shape index (κ2) is 5.84. The van der Waals surface area contributed by atoms with Gasteiger partial charge in [0, 0.05) is 11.6 Å². The van der Waals surface area contributed by atoms with Gasteiger partial charge in [-0.2, -0.15) is 0 Å². The zero-order valence-electron chi connectivity index (χ0n) is 12.4. The molecule has 1 saturated carbocycles. The molecular weight excluding hydrogens is 272 g/mol. The summed E-state index contributed by atoms with van der Waals surface area (Å²) in [6.07, 6.45) is 2.89. The Bertz CT molecular complexity index is 565. The van der Waals surface area contributed by atoms with Crippen molar-refractivity contribution >= 4 is 10.0 Å². The summed E-state index contributed by atoms with van der Waals surface area (Å²) < 4.78 is 27.5. The highest BCUT2D eigenvalue weighted by molar-refractivity contribution is 7.89. The van der Waals surface area contributed by atoms with Crippen molar-refractivity contribution in [2.75, 3.05) is 6.54 Å². The van der Waals surface area contributed by atoms with E-state index in [0.717, 1.165) is 31.4 Å². The largest absolute Gasteiger partial charge is 0.310 e. The summed E-state index contributed by atoms with van der Waals surface area (Å²) in [7, 11) is -3.41. The fourth-order valence-corrected chi connectivity index (χ4v) is 3.62. The normalized spacial score (nSPS) is 18.8. The predicted molar refractivity (Wildman–Crippen MR) is 81.1 cm³/mol. The van der Waals surface area contributed by atoms with Crippen LogP contribution < -0.4 is 10.0 Å². The van der Waals surface area contributed by atoms with Gasteiger partial charge in [-0.05, 0) is 57.4 Å². The molecule has 0 radical (unpaired) electrons. The Morgan fingerprint density at radius 2 is 2.05 bits per heavy atom. The number of sulfonamides is 1. The van der Waals surface area contributed by atoms with E-state index in [0.29, 0.717) is 4.90 Å². The van der Waals surface area contributed by atoms with Gasteiger partial charge >= 0.3 is 0 Å². The fraction of sp³-hybridized carbons (Fsp3) is 0.600. The summed E-state index contributed by atoms with van der Waals surface area (Å²) in [5, 5.41) is 3.37. The molecule has 112 valence electrons. The van der Waals surface area contributed by atoms with Crippen LogP contribution in [0.4, 0.5) is 0 Å². The molecule has 4 nitrogen and oxygen atoms in total. The molecule has 1 aliphatic rings. The van der Waals surface area contributed by atoms with Crippen LogP contribution in [0.1, 0.15) is 51.6 Å². The van der Waals surface area contributed by atoms with E-state index in [1.165, 1.54) is 0 Å². The van der Waals surface area contributed by atoms with Crippen LogP contribution in [-0.2, 0) is 10.0 Å². The zero-order chi connectivity index (χ0) is 14.8. The first-order chi connectivity index (χ1) is 9.36. The van der Waals surface area contributed by atoms with Gasteiger partial charge in [0.25, 0.3) is 0 Å². The van der Waals surface area contributed by atoms with Gasteiger partial charge in [-0.15, -0.1) is 0 Å². The van der Waals surface area contributed by atoms with Crippen molar-refractivity contribution < 1.29 is 8.42 Å². The van der Waals surface area contributed by atoms with Crippen LogP contribution in [0.3, 0.4) is 0 Å². The van der Waals surface area contributed by atoms with E-state index in [9.17, 15) is 8.42 Å². The fourth-order valence-electron chi connectivity index (χ4n) is 2.10. The highest BCUT2D eigenvalue weighted by atomic mass is 32.2. The molecule has 2 rings (SSSR count). The first-order valence-electron chi connectivity index (χ1n) is 7.24. The molecule has 1 atom stereocenters. The molecule has 0 spiro atoms. The summed E-state index contributed by atoms with van der Waals surface area (Å²) in [5.41, 5.74) is 0.767. The molecule has 5 heteroatoms. The lowest BCUT2D eigenvalue weighted by atomic mass is 10.1. The molecule has 1 aliphatic carbocycles. The highest BCUT2D eigenvalue weighted by Crippen LogP contribution is 2.36. The third-order valence-electron chi connectivity index (χ3n) is 3.75. The molecule has 0 aromatic heterocycles. The number of hydrogen-bond acceptors (Lipinski definition) is 3. The maximum atomic E-state index is 12.3. The minimum absolute atomic E-state index is 0.154. The number of hydrogen-bond donors (Lipinski definition) is 2. The van der Waals surface area contributed by atoms with Crippen molar-refractivity contribution in [1.29, 1.82) is 0 Å². The third kappa shape index (κ3) is 3.81. The zero-order valence-corrected chi connectivity index (χ0v) is 13.3. The maximum Gasteiger partial charge on any atom is 0.241 e. The maximum absolute atomic E-state index is 12.3. The summed E-state index contributed by atoms with van der Waals surface area (Å²) in [4.78, 5) is 0.355. The molecule has 0 aliphatic heterocycles. The van der Waals surface area contributed by atoms with Crippen LogP contribution in [0.5, 0.6) is 0 Å². The SMILES string of the molecule is CCCNC(C)c1cccc(S(=O)(=O)NC2(C)CC2)c1. The van der Waals surface area contributed by atoms with Gasteiger partial charge in [-0.1, -0.05) is 19.1 Å². The molecule has 0 bridgehead atoms. The van der Waals surface area contributed by atoms with Crippen molar-refractivity contribution in [3.8, 4) is 0 Å². The van der Waals surface area contributed by atoms with Crippen molar-refractivity contribution in [1.82, 2.24) is 10.0 Å². The molecule has 0 heterocycles. The van der Waals surface area contributed by atoms with E-state index in [2.05, 4.69) is 23.9 Å². The molecule has 0 saturated heterocycles. The number of benzene rings is 1. The van der Waals surface area contributed by atoms with Crippen LogP contribution in [0.2, 0.25) is 0 Å². The average Bonchev–Trinajstić information content (AvgIpc) is 3.12. The van der Waals surface area contributed by atoms with Crippen molar-refractivity contribution in [2.45, 2.75) is 56.5 Å². The number of rotatable bonds is 7. The van der Waals surface area contributed by atoms with Gasteiger partial charge in [-0.3, -0.25) is 0 Å². The minimum atomic E-state index is -3.41. The molecule has 20 heavy (non-hydrogen) atoms. The Labute approximate surface area is 122 Å². The third-order valence-corrected chi connectivity index (χ3v) is 5.39. The predicted octanol–water partition coefficient (Wildman–Crippen LogP) is 2.58. The van der Waals surface area contributed by atoms with Gasteiger partial charge in [0.05, 0.1) is 4.90 Å². The van der Waals surface area contributed by atoms with E-state index in [1.54, 1.807) is 12.1 Å². The minimum Gasteiger partial charge on any atom is -0.310 e. The van der Waals surface area contributed by atoms with Gasteiger partial charge in [-0.25, -0.2) is 13.1 Å². The molecule has 1 aromatic carbocycles. The molecule has 1 aromatic rings. The lowest BCUT2D eigenvalue weighted by Crippen LogP contribution is -2.34. The van der Waals surface area contributed by atoms with Crippen LogP contribution in [0, 0.1) is 0 Å². The summed E-state index contributed by atoms with van der Waals surface area (Å²) >= 11 is 0. The molecular formula is C15H24N2O2S. The Morgan fingerprint density at radius 3 is 2.65 bits per heavy atom. The first kappa shape index (κ1) is 15.5.